The molecule has 0 spiro atoms. The number of urea groups is 1. The third-order valence-electron chi connectivity index (χ3n) is 4.05. The van der Waals surface area contributed by atoms with Crippen LogP contribution in [0.5, 0.6) is 0 Å². The van der Waals surface area contributed by atoms with Crippen LogP contribution in [0.3, 0.4) is 0 Å². The molecule has 1 unspecified atom stereocenters. The molecule has 0 radical (unpaired) electrons. The highest BCUT2D eigenvalue weighted by molar-refractivity contribution is 5.82. The number of unbranched alkanes of at least 4 members (excludes halogenated alkanes) is 1. The molecule has 0 aliphatic carbocycles. The molecule has 2 amide bonds. The lowest BCUT2D eigenvalue weighted by Crippen LogP contribution is -2.47. The molecule has 1 rings (SSSR count). The van der Waals surface area contributed by atoms with Crippen molar-refractivity contribution in [3.63, 3.8) is 0 Å². The Labute approximate surface area is 127 Å². The van der Waals surface area contributed by atoms with Crippen LogP contribution in [0.2, 0.25) is 0 Å². The van der Waals surface area contributed by atoms with E-state index in [-0.39, 0.29) is 6.03 Å². The Balaban J connectivity index is 2.28. The van der Waals surface area contributed by atoms with Gasteiger partial charge in [-0.05, 0) is 39.2 Å². The van der Waals surface area contributed by atoms with E-state index >= 15 is 0 Å². The molecular weight excluding hydrogens is 270 g/mol. The molecule has 1 heterocycles. The van der Waals surface area contributed by atoms with Crippen molar-refractivity contribution in [2.45, 2.75) is 58.5 Å². The molecule has 122 valence electrons. The summed E-state index contributed by atoms with van der Waals surface area (Å²) in [6, 6.07) is -0.628. The SMILES string of the molecule is CCCC[C@H](NC(=O)NCC1CCN(C(C)C)C1)C(=O)O. The fraction of sp³-hybridized carbons (Fsp3) is 0.867. The summed E-state index contributed by atoms with van der Waals surface area (Å²) in [5.41, 5.74) is 0. The minimum absolute atomic E-state index is 0.374. The number of carboxylic acid groups (broad SMARTS) is 1. The van der Waals surface area contributed by atoms with Gasteiger partial charge in [0.2, 0.25) is 0 Å². The molecule has 0 aromatic carbocycles. The van der Waals surface area contributed by atoms with Gasteiger partial charge < -0.3 is 20.6 Å². The lowest BCUT2D eigenvalue weighted by molar-refractivity contribution is -0.139. The highest BCUT2D eigenvalue weighted by atomic mass is 16.4. The lowest BCUT2D eigenvalue weighted by atomic mass is 10.1. The first-order valence-corrected chi connectivity index (χ1v) is 7.95. The molecule has 1 fully saturated rings. The summed E-state index contributed by atoms with van der Waals surface area (Å²) in [6.45, 7) is 9.02. The molecule has 3 N–H and O–H groups in total. The standard InChI is InChI=1S/C15H29N3O3/c1-4-5-6-13(14(19)20)17-15(21)16-9-12-7-8-18(10-12)11(2)3/h11-13H,4-10H2,1-3H3,(H,19,20)(H2,16,17,21)/t12?,13-/m0/s1. The van der Waals surface area contributed by atoms with Gasteiger partial charge in [-0.2, -0.15) is 0 Å². The van der Waals surface area contributed by atoms with Gasteiger partial charge in [-0.25, -0.2) is 9.59 Å². The molecule has 6 heteroatoms. The monoisotopic (exact) mass is 299 g/mol. The Hall–Kier alpha value is -1.30. The highest BCUT2D eigenvalue weighted by Gasteiger charge is 2.25. The number of carbonyl (C=O) groups is 2. The molecule has 1 aliphatic heterocycles. The molecule has 2 atom stereocenters. The summed E-state index contributed by atoms with van der Waals surface area (Å²) in [4.78, 5) is 25.3. The zero-order valence-electron chi connectivity index (χ0n) is 13.4. The molecule has 1 aliphatic rings. The second-order valence-electron chi connectivity index (χ2n) is 6.13. The van der Waals surface area contributed by atoms with Gasteiger partial charge in [-0.15, -0.1) is 0 Å². The van der Waals surface area contributed by atoms with Crippen LogP contribution in [0.4, 0.5) is 4.79 Å². The number of hydrogen-bond donors (Lipinski definition) is 3. The number of carbonyl (C=O) groups excluding carboxylic acids is 1. The third kappa shape index (κ3) is 6.33. The van der Waals surface area contributed by atoms with Crippen molar-refractivity contribution in [3.05, 3.63) is 0 Å². The Morgan fingerprint density at radius 1 is 1.38 bits per heavy atom. The van der Waals surface area contributed by atoms with E-state index in [1.807, 2.05) is 6.92 Å². The van der Waals surface area contributed by atoms with Crippen molar-refractivity contribution in [1.82, 2.24) is 15.5 Å². The second kappa shape index (κ2) is 8.87. The topological polar surface area (TPSA) is 81.7 Å². The first-order chi connectivity index (χ1) is 9.93. The van der Waals surface area contributed by atoms with Crippen LogP contribution in [0.25, 0.3) is 0 Å². The Morgan fingerprint density at radius 2 is 2.10 bits per heavy atom. The fourth-order valence-corrected chi connectivity index (χ4v) is 2.61. The summed E-state index contributed by atoms with van der Waals surface area (Å²) in [6.07, 6.45) is 3.27. The van der Waals surface area contributed by atoms with Gasteiger partial charge in [0, 0.05) is 19.1 Å². The van der Waals surface area contributed by atoms with Gasteiger partial charge in [0.05, 0.1) is 0 Å². The predicted octanol–water partition coefficient (Wildman–Crippen LogP) is 1.66. The minimum Gasteiger partial charge on any atom is -0.480 e. The second-order valence-corrected chi connectivity index (χ2v) is 6.13. The zero-order chi connectivity index (χ0) is 15.8. The first-order valence-electron chi connectivity index (χ1n) is 7.95. The van der Waals surface area contributed by atoms with Crippen LogP contribution < -0.4 is 10.6 Å². The van der Waals surface area contributed by atoms with E-state index in [4.69, 9.17) is 5.11 Å². The first kappa shape index (κ1) is 17.8. The number of rotatable bonds is 8. The number of nitrogens with one attached hydrogen (secondary N) is 2. The highest BCUT2D eigenvalue weighted by Crippen LogP contribution is 2.17. The maximum atomic E-state index is 11.8. The Bertz CT molecular complexity index is 347. The number of carboxylic acids is 1. The van der Waals surface area contributed by atoms with Crippen molar-refractivity contribution in [1.29, 1.82) is 0 Å². The van der Waals surface area contributed by atoms with Gasteiger partial charge in [-0.3, -0.25) is 0 Å². The van der Waals surface area contributed by atoms with Crippen molar-refractivity contribution in [3.8, 4) is 0 Å². The molecule has 21 heavy (non-hydrogen) atoms. The molecule has 0 saturated carbocycles. The van der Waals surface area contributed by atoms with Crippen LogP contribution in [0.1, 0.15) is 46.5 Å². The number of likely N-dealkylation sites (tertiary alicyclic amines) is 1. The van der Waals surface area contributed by atoms with Crippen LogP contribution in [-0.2, 0) is 4.79 Å². The lowest BCUT2D eigenvalue weighted by Gasteiger charge is -2.20. The minimum atomic E-state index is -0.967. The van der Waals surface area contributed by atoms with Crippen molar-refractivity contribution >= 4 is 12.0 Å². The van der Waals surface area contributed by atoms with Crippen LogP contribution >= 0.6 is 0 Å². The summed E-state index contributed by atoms with van der Waals surface area (Å²) >= 11 is 0. The zero-order valence-corrected chi connectivity index (χ0v) is 13.4. The average molecular weight is 299 g/mol. The largest absolute Gasteiger partial charge is 0.480 e. The summed E-state index contributed by atoms with van der Waals surface area (Å²) in [5.74, 6) is -0.512. The average Bonchev–Trinajstić information content (AvgIpc) is 2.90. The fourth-order valence-electron chi connectivity index (χ4n) is 2.61. The molecule has 0 bridgehead atoms. The maximum absolute atomic E-state index is 11.8. The molecule has 6 nitrogen and oxygen atoms in total. The van der Waals surface area contributed by atoms with Gasteiger partial charge in [0.15, 0.2) is 0 Å². The van der Waals surface area contributed by atoms with E-state index in [1.165, 1.54) is 0 Å². The van der Waals surface area contributed by atoms with Gasteiger partial charge in [0.25, 0.3) is 0 Å². The number of nitrogens with zero attached hydrogens (tertiary/aromatic N) is 1. The van der Waals surface area contributed by atoms with Crippen molar-refractivity contribution in [2.75, 3.05) is 19.6 Å². The van der Waals surface area contributed by atoms with E-state index in [1.54, 1.807) is 0 Å². The van der Waals surface area contributed by atoms with E-state index < -0.39 is 12.0 Å². The normalized spacial score (nSPS) is 20.5. The van der Waals surface area contributed by atoms with Crippen LogP contribution in [0, 0.1) is 5.92 Å². The number of hydrogen-bond acceptors (Lipinski definition) is 3. The molecule has 0 aromatic heterocycles. The molecule has 1 saturated heterocycles. The predicted molar refractivity (Wildman–Crippen MR) is 82.3 cm³/mol. The summed E-state index contributed by atoms with van der Waals surface area (Å²) in [5, 5.41) is 14.4. The number of amides is 2. The quantitative estimate of drug-likeness (QED) is 0.636. The van der Waals surface area contributed by atoms with E-state index in [0.717, 1.165) is 32.4 Å². The van der Waals surface area contributed by atoms with Gasteiger partial charge >= 0.3 is 12.0 Å². The molecule has 0 aromatic rings. The van der Waals surface area contributed by atoms with Gasteiger partial charge in [-0.1, -0.05) is 19.8 Å². The van der Waals surface area contributed by atoms with Crippen molar-refractivity contribution < 1.29 is 14.7 Å². The maximum Gasteiger partial charge on any atom is 0.326 e. The summed E-state index contributed by atoms with van der Waals surface area (Å²) < 4.78 is 0. The van der Waals surface area contributed by atoms with E-state index in [2.05, 4.69) is 29.4 Å². The van der Waals surface area contributed by atoms with E-state index in [9.17, 15) is 9.59 Å². The smallest absolute Gasteiger partial charge is 0.326 e. The Morgan fingerprint density at radius 3 is 2.62 bits per heavy atom. The van der Waals surface area contributed by atoms with Crippen molar-refractivity contribution in [2.24, 2.45) is 5.92 Å². The Kier molecular flexibility index (Phi) is 7.50. The third-order valence-corrected chi connectivity index (χ3v) is 4.05. The van der Waals surface area contributed by atoms with Crippen LogP contribution in [0.15, 0.2) is 0 Å². The summed E-state index contributed by atoms with van der Waals surface area (Å²) in [7, 11) is 0. The van der Waals surface area contributed by atoms with Crippen LogP contribution in [-0.4, -0.2) is 53.7 Å². The number of aliphatic carboxylic acids is 1. The van der Waals surface area contributed by atoms with E-state index in [0.29, 0.717) is 24.9 Å². The van der Waals surface area contributed by atoms with Gasteiger partial charge in [0.1, 0.15) is 6.04 Å². The molecular formula is C15H29N3O3.